The van der Waals surface area contributed by atoms with Crippen LogP contribution in [0.5, 0.6) is 0 Å². The van der Waals surface area contributed by atoms with Crippen LogP contribution in [0.1, 0.15) is 16.1 Å². The molecule has 0 aliphatic heterocycles. The predicted octanol–water partition coefficient (Wildman–Crippen LogP) is 4.36. The van der Waals surface area contributed by atoms with Crippen molar-refractivity contribution in [2.75, 3.05) is 7.05 Å². The average molecular weight is 362 g/mol. The van der Waals surface area contributed by atoms with E-state index in [1.807, 2.05) is 12.1 Å². The summed E-state index contributed by atoms with van der Waals surface area (Å²) in [6.45, 7) is 0.398. The number of aromatic amines is 1. The topological polar surface area (TPSA) is 36.1 Å². The van der Waals surface area contributed by atoms with Crippen LogP contribution in [0.3, 0.4) is 0 Å². The summed E-state index contributed by atoms with van der Waals surface area (Å²) in [5.41, 5.74) is 1.34. The molecule has 0 bridgehead atoms. The smallest absolute Gasteiger partial charge is 0.270 e. The number of H-pyrrole nitrogens is 1. The summed E-state index contributed by atoms with van der Waals surface area (Å²) in [7, 11) is 1.72. The largest absolute Gasteiger partial charge is 0.356 e. The molecule has 0 saturated heterocycles. The lowest BCUT2D eigenvalue weighted by Gasteiger charge is -2.17. The van der Waals surface area contributed by atoms with Gasteiger partial charge in [0.05, 0.1) is 10.0 Å². The highest BCUT2D eigenvalue weighted by Crippen LogP contribution is 2.26. The second-order valence-electron chi connectivity index (χ2n) is 4.11. The summed E-state index contributed by atoms with van der Waals surface area (Å²) >= 11 is 15.4. The van der Waals surface area contributed by atoms with E-state index in [9.17, 15) is 4.79 Å². The van der Waals surface area contributed by atoms with Crippen LogP contribution >= 0.6 is 39.1 Å². The zero-order valence-corrected chi connectivity index (χ0v) is 13.2. The molecule has 1 amide bonds. The first-order valence-corrected chi connectivity index (χ1v) is 7.06. The summed E-state index contributed by atoms with van der Waals surface area (Å²) in [5, 5.41) is 0.971. The number of amides is 1. The van der Waals surface area contributed by atoms with Gasteiger partial charge in [-0.15, -0.1) is 0 Å². The Kier molecular flexibility index (Phi) is 4.55. The highest BCUT2D eigenvalue weighted by atomic mass is 79.9. The summed E-state index contributed by atoms with van der Waals surface area (Å²) in [6.07, 6.45) is 1.72. The van der Waals surface area contributed by atoms with E-state index >= 15 is 0 Å². The van der Waals surface area contributed by atoms with Crippen LogP contribution < -0.4 is 0 Å². The number of carbonyl (C=O) groups excluding carboxylic acids is 1. The van der Waals surface area contributed by atoms with Crippen molar-refractivity contribution in [3.8, 4) is 0 Å². The molecule has 19 heavy (non-hydrogen) atoms. The standard InChI is InChI=1S/C13H11BrCl2N2O/c1-18(13(19)11-5-9(14)6-17-11)7-8-3-2-4-10(15)12(8)16/h2-6,17H,7H2,1H3. The molecular formula is C13H11BrCl2N2O. The lowest BCUT2D eigenvalue weighted by Crippen LogP contribution is -2.26. The van der Waals surface area contributed by atoms with Gasteiger partial charge in [-0.2, -0.15) is 0 Å². The molecule has 0 atom stereocenters. The first kappa shape index (κ1) is 14.4. The summed E-state index contributed by atoms with van der Waals surface area (Å²) < 4.78 is 0.838. The lowest BCUT2D eigenvalue weighted by molar-refractivity contribution is 0.0780. The van der Waals surface area contributed by atoms with Gasteiger partial charge in [-0.25, -0.2) is 0 Å². The maximum atomic E-state index is 12.2. The van der Waals surface area contributed by atoms with E-state index in [1.165, 1.54) is 0 Å². The number of aromatic nitrogens is 1. The van der Waals surface area contributed by atoms with Crippen LogP contribution in [0.15, 0.2) is 34.9 Å². The highest BCUT2D eigenvalue weighted by Gasteiger charge is 2.15. The fourth-order valence-electron chi connectivity index (χ4n) is 1.69. The Morgan fingerprint density at radius 2 is 2.16 bits per heavy atom. The van der Waals surface area contributed by atoms with Gasteiger partial charge in [0.2, 0.25) is 0 Å². The zero-order chi connectivity index (χ0) is 14.0. The SMILES string of the molecule is CN(Cc1cccc(Cl)c1Cl)C(=O)c1cc(Br)c[nH]1. The van der Waals surface area contributed by atoms with Crippen LogP contribution in [-0.2, 0) is 6.54 Å². The molecule has 1 aromatic carbocycles. The molecule has 1 N–H and O–H groups in total. The van der Waals surface area contributed by atoms with Crippen molar-refractivity contribution in [1.29, 1.82) is 0 Å². The first-order chi connectivity index (χ1) is 8.99. The molecule has 0 aliphatic carbocycles. The third-order valence-electron chi connectivity index (χ3n) is 2.66. The van der Waals surface area contributed by atoms with Crippen LogP contribution in [-0.4, -0.2) is 22.8 Å². The number of nitrogens with one attached hydrogen (secondary N) is 1. The van der Waals surface area contributed by atoms with Crippen LogP contribution in [0.4, 0.5) is 0 Å². The monoisotopic (exact) mass is 360 g/mol. The van der Waals surface area contributed by atoms with E-state index in [1.54, 1.807) is 30.3 Å². The van der Waals surface area contributed by atoms with Gasteiger partial charge in [0.15, 0.2) is 0 Å². The van der Waals surface area contributed by atoms with E-state index in [2.05, 4.69) is 20.9 Å². The lowest BCUT2D eigenvalue weighted by atomic mass is 10.2. The van der Waals surface area contributed by atoms with Crippen LogP contribution in [0.25, 0.3) is 0 Å². The van der Waals surface area contributed by atoms with Crippen molar-refractivity contribution in [2.45, 2.75) is 6.54 Å². The van der Waals surface area contributed by atoms with Gasteiger partial charge in [-0.3, -0.25) is 4.79 Å². The van der Waals surface area contributed by atoms with Gasteiger partial charge in [-0.1, -0.05) is 35.3 Å². The zero-order valence-electron chi connectivity index (χ0n) is 10.1. The summed E-state index contributed by atoms with van der Waals surface area (Å²) in [6, 6.07) is 7.12. The maximum absolute atomic E-state index is 12.2. The molecule has 0 saturated carbocycles. The Hall–Kier alpha value is -0.970. The number of hydrogen-bond acceptors (Lipinski definition) is 1. The molecule has 6 heteroatoms. The van der Waals surface area contributed by atoms with Crippen LogP contribution in [0.2, 0.25) is 10.0 Å². The minimum absolute atomic E-state index is 0.109. The number of carbonyl (C=O) groups is 1. The molecule has 0 fully saturated rings. The fraction of sp³-hybridized carbons (Fsp3) is 0.154. The van der Waals surface area contributed by atoms with E-state index in [4.69, 9.17) is 23.2 Å². The van der Waals surface area contributed by atoms with Crippen molar-refractivity contribution in [2.24, 2.45) is 0 Å². The Bertz CT molecular complexity index is 612. The van der Waals surface area contributed by atoms with Gasteiger partial charge in [0.1, 0.15) is 5.69 Å². The Morgan fingerprint density at radius 1 is 1.42 bits per heavy atom. The summed E-state index contributed by atoms with van der Waals surface area (Å²) in [5.74, 6) is -0.109. The van der Waals surface area contributed by atoms with Crippen molar-refractivity contribution >= 4 is 45.0 Å². The highest BCUT2D eigenvalue weighted by molar-refractivity contribution is 9.10. The van der Waals surface area contributed by atoms with E-state index in [0.717, 1.165) is 10.0 Å². The first-order valence-electron chi connectivity index (χ1n) is 5.51. The van der Waals surface area contributed by atoms with Crippen molar-refractivity contribution in [3.63, 3.8) is 0 Å². The molecule has 1 heterocycles. The Morgan fingerprint density at radius 3 is 2.79 bits per heavy atom. The van der Waals surface area contributed by atoms with Crippen molar-refractivity contribution in [1.82, 2.24) is 9.88 Å². The maximum Gasteiger partial charge on any atom is 0.270 e. The Balaban J connectivity index is 2.15. The molecule has 100 valence electrons. The molecule has 2 aromatic rings. The number of benzene rings is 1. The molecule has 0 aliphatic rings. The van der Waals surface area contributed by atoms with Crippen LogP contribution in [0, 0.1) is 0 Å². The predicted molar refractivity (Wildman–Crippen MR) is 80.8 cm³/mol. The number of rotatable bonds is 3. The van der Waals surface area contributed by atoms with Gasteiger partial charge in [0, 0.05) is 24.3 Å². The van der Waals surface area contributed by atoms with E-state index in [0.29, 0.717) is 22.3 Å². The minimum Gasteiger partial charge on any atom is -0.356 e. The minimum atomic E-state index is -0.109. The van der Waals surface area contributed by atoms with Crippen molar-refractivity contribution < 1.29 is 4.79 Å². The Labute approximate surface area is 129 Å². The van der Waals surface area contributed by atoms with E-state index in [-0.39, 0.29) is 5.91 Å². The average Bonchev–Trinajstić information content (AvgIpc) is 2.80. The molecule has 1 aromatic heterocycles. The number of hydrogen-bond donors (Lipinski definition) is 1. The molecular weight excluding hydrogens is 351 g/mol. The van der Waals surface area contributed by atoms with Gasteiger partial charge in [-0.05, 0) is 33.6 Å². The molecule has 0 radical (unpaired) electrons. The van der Waals surface area contributed by atoms with Gasteiger partial charge in [0.25, 0.3) is 5.91 Å². The normalized spacial score (nSPS) is 10.5. The number of nitrogens with zero attached hydrogens (tertiary/aromatic N) is 1. The fourth-order valence-corrected chi connectivity index (χ4v) is 2.42. The summed E-state index contributed by atoms with van der Waals surface area (Å²) in [4.78, 5) is 16.6. The van der Waals surface area contributed by atoms with Gasteiger partial charge < -0.3 is 9.88 Å². The third kappa shape index (κ3) is 3.32. The third-order valence-corrected chi connectivity index (χ3v) is 3.98. The molecule has 2 rings (SSSR count). The molecule has 3 nitrogen and oxygen atoms in total. The quantitative estimate of drug-likeness (QED) is 0.866. The second kappa shape index (κ2) is 5.99. The second-order valence-corrected chi connectivity index (χ2v) is 5.81. The van der Waals surface area contributed by atoms with Crippen molar-refractivity contribution in [3.05, 3.63) is 56.2 Å². The number of halogens is 3. The van der Waals surface area contributed by atoms with Gasteiger partial charge >= 0.3 is 0 Å². The molecule has 0 unspecified atom stereocenters. The van der Waals surface area contributed by atoms with E-state index < -0.39 is 0 Å². The molecule has 0 spiro atoms.